The quantitative estimate of drug-likeness (QED) is 0.324. The van der Waals surface area contributed by atoms with Gasteiger partial charge in [0.05, 0.1) is 10.4 Å². The summed E-state index contributed by atoms with van der Waals surface area (Å²) in [6, 6.07) is 21.0. The van der Waals surface area contributed by atoms with Crippen molar-refractivity contribution in [1.29, 1.82) is 0 Å². The maximum absolute atomic E-state index is 13.4. The van der Waals surface area contributed by atoms with E-state index in [1.807, 2.05) is 36.4 Å². The zero-order valence-corrected chi connectivity index (χ0v) is 20.6. The standard InChI is InChI=1S/C27H25ClN4O2S/c28-25-12-6-18(19-7-13-26-24(15-19)27(30-17-29-26)31-21-8-9-21)14-20(25)16-32(22-10-11-22)35(33,34)23-4-2-1-3-5-23/h1-7,12-15,17,21-22H,8-11,16H2,(H,29,30,31). The number of aromatic nitrogens is 2. The molecule has 35 heavy (non-hydrogen) atoms. The van der Waals surface area contributed by atoms with Gasteiger partial charge < -0.3 is 5.32 Å². The summed E-state index contributed by atoms with van der Waals surface area (Å²) in [5.41, 5.74) is 3.65. The molecule has 2 aliphatic rings. The summed E-state index contributed by atoms with van der Waals surface area (Å²) in [4.78, 5) is 9.18. The van der Waals surface area contributed by atoms with Crippen molar-refractivity contribution < 1.29 is 8.42 Å². The highest BCUT2D eigenvalue weighted by molar-refractivity contribution is 7.89. The summed E-state index contributed by atoms with van der Waals surface area (Å²) in [5, 5.41) is 5.02. The van der Waals surface area contributed by atoms with Crippen LogP contribution in [0.15, 0.2) is 78.0 Å². The van der Waals surface area contributed by atoms with Crippen LogP contribution in [0, 0.1) is 0 Å². The van der Waals surface area contributed by atoms with Crippen molar-refractivity contribution >= 4 is 38.3 Å². The fourth-order valence-electron chi connectivity index (χ4n) is 4.32. The Balaban J connectivity index is 1.35. The van der Waals surface area contributed by atoms with Crippen LogP contribution < -0.4 is 5.32 Å². The van der Waals surface area contributed by atoms with Crippen LogP contribution in [0.2, 0.25) is 5.02 Å². The maximum Gasteiger partial charge on any atom is 0.243 e. The highest BCUT2D eigenvalue weighted by Crippen LogP contribution is 2.36. The van der Waals surface area contributed by atoms with E-state index in [1.54, 1.807) is 34.9 Å². The Morgan fingerprint density at radius 3 is 2.40 bits per heavy atom. The van der Waals surface area contributed by atoms with Gasteiger partial charge in [-0.1, -0.05) is 41.9 Å². The summed E-state index contributed by atoms with van der Waals surface area (Å²) in [5.74, 6) is 0.849. The van der Waals surface area contributed by atoms with Crippen molar-refractivity contribution in [1.82, 2.24) is 14.3 Å². The largest absolute Gasteiger partial charge is 0.367 e. The lowest BCUT2D eigenvalue weighted by Gasteiger charge is -2.23. The highest BCUT2D eigenvalue weighted by atomic mass is 35.5. The van der Waals surface area contributed by atoms with E-state index < -0.39 is 10.0 Å². The molecule has 0 atom stereocenters. The molecule has 6 rings (SSSR count). The molecule has 0 radical (unpaired) electrons. The van der Waals surface area contributed by atoms with Gasteiger partial charge in [-0.15, -0.1) is 0 Å². The molecule has 1 aromatic heterocycles. The molecule has 0 amide bonds. The molecule has 2 aliphatic carbocycles. The van der Waals surface area contributed by atoms with Crippen LogP contribution >= 0.6 is 11.6 Å². The topological polar surface area (TPSA) is 75.2 Å². The van der Waals surface area contributed by atoms with Crippen LogP contribution in [0.4, 0.5) is 5.82 Å². The van der Waals surface area contributed by atoms with E-state index >= 15 is 0 Å². The molecule has 0 spiro atoms. The Hall–Kier alpha value is -3.00. The van der Waals surface area contributed by atoms with Gasteiger partial charge in [0.25, 0.3) is 0 Å². The molecule has 2 saturated carbocycles. The summed E-state index contributed by atoms with van der Waals surface area (Å²) in [7, 11) is -3.62. The monoisotopic (exact) mass is 504 g/mol. The molecular formula is C27H25ClN4O2S. The number of benzene rings is 3. The van der Waals surface area contributed by atoms with Crippen molar-refractivity contribution in [3.05, 3.63) is 83.6 Å². The van der Waals surface area contributed by atoms with Crippen LogP contribution in [-0.2, 0) is 16.6 Å². The van der Waals surface area contributed by atoms with E-state index in [2.05, 4.69) is 21.4 Å². The van der Waals surface area contributed by atoms with Gasteiger partial charge in [0.2, 0.25) is 10.0 Å². The van der Waals surface area contributed by atoms with Gasteiger partial charge in [0.1, 0.15) is 12.1 Å². The van der Waals surface area contributed by atoms with Crippen LogP contribution in [0.5, 0.6) is 0 Å². The van der Waals surface area contributed by atoms with Crippen LogP contribution in [0.1, 0.15) is 31.2 Å². The number of halogens is 1. The van der Waals surface area contributed by atoms with E-state index in [0.717, 1.165) is 59.1 Å². The predicted octanol–water partition coefficient (Wildman–Crippen LogP) is 5.88. The van der Waals surface area contributed by atoms with Gasteiger partial charge in [-0.25, -0.2) is 18.4 Å². The fraction of sp³-hybridized carbons (Fsp3) is 0.259. The van der Waals surface area contributed by atoms with Crippen LogP contribution in [0.3, 0.4) is 0 Å². The number of rotatable bonds is 8. The lowest BCUT2D eigenvalue weighted by Crippen LogP contribution is -2.32. The Morgan fingerprint density at radius 1 is 0.914 bits per heavy atom. The van der Waals surface area contributed by atoms with Crippen molar-refractivity contribution in [2.75, 3.05) is 5.32 Å². The lowest BCUT2D eigenvalue weighted by atomic mass is 10.0. The lowest BCUT2D eigenvalue weighted by molar-refractivity contribution is 0.399. The third-order valence-electron chi connectivity index (χ3n) is 6.56. The van der Waals surface area contributed by atoms with Gasteiger partial charge in [0.15, 0.2) is 0 Å². The van der Waals surface area contributed by atoms with Crippen molar-refractivity contribution in [2.24, 2.45) is 0 Å². The zero-order valence-electron chi connectivity index (χ0n) is 19.1. The average molecular weight is 505 g/mol. The molecule has 1 N–H and O–H groups in total. The first-order chi connectivity index (χ1) is 17.0. The minimum Gasteiger partial charge on any atom is -0.367 e. The van der Waals surface area contributed by atoms with Crippen LogP contribution in [-0.4, -0.2) is 34.8 Å². The molecule has 3 aromatic carbocycles. The number of nitrogens with one attached hydrogen (secondary N) is 1. The Kier molecular flexibility index (Phi) is 5.71. The van der Waals surface area contributed by atoms with Gasteiger partial charge in [-0.3, -0.25) is 0 Å². The second kappa shape index (κ2) is 8.90. The number of hydrogen-bond donors (Lipinski definition) is 1. The molecule has 6 nitrogen and oxygen atoms in total. The molecule has 0 saturated heterocycles. The molecule has 1 heterocycles. The number of fused-ring (bicyclic) bond motifs is 1. The van der Waals surface area contributed by atoms with Gasteiger partial charge >= 0.3 is 0 Å². The van der Waals surface area contributed by atoms with Crippen molar-refractivity contribution in [3.8, 4) is 11.1 Å². The Bertz CT molecular complexity index is 1500. The number of nitrogens with zero attached hydrogens (tertiary/aromatic N) is 3. The zero-order chi connectivity index (χ0) is 24.0. The van der Waals surface area contributed by atoms with Gasteiger partial charge in [-0.05, 0) is 78.8 Å². The van der Waals surface area contributed by atoms with Crippen molar-refractivity contribution in [2.45, 2.75) is 49.2 Å². The van der Waals surface area contributed by atoms with E-state index in [-0.39, 0.29) is 12.6 Å². The minimum absolute atomic E-state index is 0.00815. The molecular weight excluding hydrogens is 480 g/mol. The van der Waals surface area contributed by atoms with Crippen molar-refractivity contribution in [3.63, 3.8) is 0 Å². The summed E-state index contributed by atoms with van der Waals surface area (Å²) < 4.78 is 28.4. The molecule has 0 aliphatic heterocycles. The molecule has 0 bridgehead atoms. The second-order valence-corrected chi connectivity index (χ2v) is 11.6. The maximum atomic E-state index is 13.4. The fourth-order valence-corrected chi connectivity index (χ4v) is 6.18. The van der Waals surface area contributed by atoms with E-state index in [1.165, 1.54) is 0 Å². The first-order valence-corrected chi connectivity index (χ1v) is 13.7. The second-order valence-electron chi connectivity index (χ2n) is 9.27. The van der Waals surface area contributed by atoms with Gasteiger partial charge in [0, 0.05) is 29.0 Å². The number of anilines is 1. The molecule has 2 fully saturated rings. The first kappa shape index (κ1) is 22.5. The van der Waals surface area contributed by atoms with Crippen LogP contribution in [0.25, 0.3) is 22.0 Å². The number of sulfonamides is 1. The Morgan fingerprint density at radius 2 is 1.66 bits per heavy atom. The number of hydrogen-bond acceptors (Lipinski definition) is 5. The predicted molar refractivity (Wildman–Crippen MR) is 139 cm³/mol. The average Bonchev–Trinajstić information content (AvgIpc) is 3.80. The first-order valence-electron chi connectivity index (χ1n) is 11.9. The van der Waals surface area contributed by atoms with E-state index in [0.29, 0.717) is 16.0 Å². The molecule has 8 heteroatoms. The van der Waals surface area contributed by atoms with E-state index in [9.17, 15) is 8.42 Å². The minimum atomic E-state index is -3.62. The normalized spacial score (nSPS) is 16.1. The SMILES string of the molecule is O=S(=O)(c1ccccc1)N(Cc1cc(-c2ccc3ncnc(NC4CC4)c3c2)ccc1Cl)C1CC1. The van der Waals surface area contributed by atoms with Gasteiger partial charge in [-0.2, -0.15) is 4.31 Å². The van der Waals surface area contributed by atoms with E-state index in [4.69, 9.17) is 11.6 Å². The third-order valence-corrected chi connectivity index (χ3v) is 8.84. The Labute approximate surface area is 210 Å². The molecule has 4 aromatic rings. The third kappa shape index (κ3) is 4.63. The summed E-state index contributed by atoms with van der Waals surface area (Å²) in [6.07, 6.45) is 5.65. The summed E-state index contributed by atoms with van der Waals surface area (Å²) in [6.45, 7) is 0.236. The summed E-state index contributed by atoms with van der Waals surface area (Å²) >= 11 is 6.58. The smallest absolute Gasteiger partial charge is 0.243 e. The molecule has 0 unspecified atom stereocenters. The molecule has 178 valence electrons. The highest BCUT2D eigenvalue weighted by Gasteiger charge is 2.38.